The van der Waals surface area contributed by atoms with Crippen LogP contribution in [0.25, 0.3) is 22.0 Å². The summed E-state index contributed by atoms with van der Waals surface area (Å²) >= 11 is 0. The quantitative estimate of drug-likeness (QED) is 0.531. The Bertz CT molecular complexity index is 1160. The van der Waals surface area contributed by atoms with Gasteiger partial charge in [0, 0.05) is 6.20 Å². The summed E-state index contributed by atoms with van der Waals surface area (Å²) in [6.07, 6.45) is 1.60. The predicted octanol–water partition coefficient (Wildman–Crippen LogP) is 4.85. The molecule has 4 aromatic rings. The van der Waals surface area contributed by atoms with E-state index in [2.05, 4.69) is 0 Å². The highest BCUT2D eigenvalue weighted by atomic mass is 32.2. The molecule has 1 aromatic heterocycles. The van der Waals surface area contributed by atoms with Crippen molar-refractivity contribution in [2.45, 2.75) is 11.8 Å². The maximum atomic E-state index is 13.0. The van der Waals surface area contributed by atoms with Gasteiger partial charge >= 0.3 is 0 Å². The van der Waals surface area contributed by atoms with E-state index in [0.717, 1.165) is 21.9 Å². The fraction of sp³-hybridized carbons (Fsp3) is 0.0476. The molecule has 0 bridgehead atoms. The molecule has 0 fully saturated rings. The molecule has 0 saturated heterocycles. The molecule has 0 aliphatic rings. The fourth-order valence-corrected chi connectivity index (χ4v) is 4.33. The lowest BCUT2D eigenvalue weighted by atomic mass is 10.1. The zero-order chi connectivity index (χ0) is 17.4. The average molecular weight is 347 g/mol. The van der Waals surface area contributed by atoms with E-state index in [-0.39, 0.29) is 4.90 Å². The number of nitrogens with zero attached hydrogens (tertiary/aromatic N) is 1. The third-order valence-corrected chi connectivity index (χ3v) is 6.04. The fourth-order valence-electron chi connectivity index (χ4n) is 2.97. The Labute approximate surface area is 147 Å². The predicted molar refractivity (Wildman–Crippen MR) is 101 cm³/mol. The van der Waals surface area contributed by atoms with E-state index in [1.807, 2.05) is 67.6 Å². The molecule has 0 amide bonds. The molecule has 0 radical (unpaired) electrons. The van der Waals surface area contributed by atoms with E-state index in [0.29, 0.717) is 5.69 Å². The lowest BCUT2D eigenvalue weighted by Crippen LogP contribution is -2.13. The highest BCUT2D eigenvalue weighted by Gasteiger charge is 2.19. The van der Waals surface area contributed by atoms with Crippen molar-refractivity contribution >= 4 is 20.8 Å². The van der Waals surface area contributed by atoms with Crippen molar-refractivity contribution in [1.82, 2.24) is 3.97 Å². The largest absolute Gasteiger partial charge is 0.268 e. The molecule has 124 valence electrons. The van der Waals surface area contributed by atoms with Gasteiger partial charge in [-0.15, -0.1) is 0 Å². The van der Waals surface area contributed by atoms with E-state index in [1.165, 1.54) is 3.97 Å². The Balaban J connectivity index is 1.86. The molecule has 0 aliphatic carbocycles. The zero-order valence-electron chi connectivity index (χ0n) is 13.8. The highest BCUT2D eigenvalue weighted by Crippen LogP contribution is 2.28. The normalized spacial score (nSPS) is 11.7. The minimum absolute atomic E-state index is 0.288. The standard InChI is InChI=1S/C21H17NO2S/c1-16-8-12-20(13-9-16)25(23,24)22-14-4-7-21(22)19-11-10-17-5-2-3-6-18(17)15-19/h2-15H,1H3. The molecule has 3 aromatic carbocycles. The summed E-state index contributed by atoms with van der Waals surface area (Å²) in [5.41, 5.74) is 2.56. The lowest BCUT2D eigenvalue weighted by Gasteiger charge is -2.11. The van der Waals surface area contributed by atoms with Crippen LogP contribution in [0.2, 0.25) is 0 Å². The average Bonchev–Trinajstić information content (AvgIpc) is 3.12. The molecule has 4 heteroatoms. The molecule has 3 nitrogen and oxygen atoms in total. The van der Waals surface area contributed by atoms with Crippen LogP contribution in [-0.4, -0.2) is 12.4 Å². The molecule has 0 saturated carbocycles. The highest BCUT2D eigenvalue weighted by molar-refractivity contribution is 7.90. The summed E-state index contributed by atoms with van der Waals surface area (Å²) in [6, 6.07) is 24.5. The van der Waals surface area contributed by atoms with Gasteiger partial charge in [-0.2, -0.15) is 0 Å². The zero-order valence-corrected chi connectivity index (χ0v) is 14.6. The van der Waals surface area contributed by atoms with Crippen molar-refractivity contribution < 1.29 is 8.42 Å². The van der Waals surface area contributed by atoms with Crippen LogP contribution in [-0.2, 0) is 10.0 Å². The first kappa shape index (κ1) is 15.7. The number of fused-ring (bicyclic) bond motifs is 1. The number of benzene rings is 3. The van der Waals surface area contributed by atoms with Gasteiger partial charge in [-0.1, -0.05) is 54.1 Å². The third kappa shape index (κ3) is 2.75. The minimum Gasteiger partial charge on any atom is -0.241 e. The molecule has 0 N–H and O–H groups in total. The van der Waals surface area contributed by atoms with Crippen LogP contribution in [0.3, 0.4) is 0 Å². The number of hydrogen-bond acceptors (Lipinski definition) is 2. The topological polar surface area (TPSA) is 39.1 Å². The Morgan fingerprint density at radius 1 is 0.760 bits per heavy atom. The second kappa shape index (κ2) is 5.90. The summed E-state index contributed by atoms with van der Waals surface area (Å²) in [6.45, 7) is 1.94. The Kier molecular flexibility index (Phi) is 3.70. The summed E-state index contributed by atoms with van der Waals surface area (Å²) < 4.78 is 27.4. The lowest BCUT2D eigenvalue weighted by molar-refractivity contribution is 0.588. The number of aryl methyl sites for hydroxylation is 1. The summed E-state index contributed by atoms with van der Waals surface area (Å²) in [7, 11) is -3.63. The van der Waals surface area contributed by atoms with Gasteiger partial charge in [-0.3, -0.25) is 0 Å². The maximum absolute atomic E-state index is 13.0. The summed E-state index contributed by atoms with van der Waals surface area (Å²) in [5.74, 6) is 0. The maximum Gasteiger partial charge on any atom is 0.268 e. The van der Waals surface area contributed by atoms with E-state index in [4.69, 9.17) is 0 Å². The Morgan fingerprint density at radius 2 is 1.48 bits per heavy atom. The number of hydrogen-bond donors (Lipinski definition) is 0. The summed E-state index contributed by atoms with van der Waals surface area (Å²) in [4.78, 5) is 0.288. The molecule has 0 atom stereocenters. The Morgan fingerprint density at radius 3 is 2.24 bits per heavy atom. The monoisotopic (exact) mass is 347 g/mol. The van der Waals surface area contributed by atoms with Crippen molar-refractivity contribution in [1.29, 1.82) is 0 Å². The molecular formula is C21H17NO2S. The van der Waals surface area contributed by atoms with E-state index in [1.54, 1.807) is 24.4 Å². The van der Waals surface area contributed by atoms with Crippen LogP contribution >= 0.6 is 0 Å². The SMILES string of the molecule is Cc1ccc(S(=O)(=O)n2cccc2-c2ccc3ccccc3c2)cc1. The second-order valence-corrected chi connectivity index (χ2v) is 7.88. The third-order valence-electron chi connectivity index (χ3n) is 4.34. The smallest absolute Gasteiger partial charge is 0.241 e. The van der Waals surface area contributed by atoms with Gasteiger partial charge in [0.15, 0.2) is 0 Å². The van der Waals surface area contributed by atoms with Crippen LogP contribution in [0.5, 0.6) is 0 Å². The second-order valence-electron chi connectivity index (χ2n) is 6.07. The minimum atomic E-state index is -3.63. The first-order valence-electron chi connectivity index (χ1n) is 8.04. The van der Waals surface area contributed by atoms with Gasteiger partial charge in [0.1, 0.15) is 0 Å². The number of aromatic nitrogens is 1. The first-order chi connectivity index (χ1) is 12.1. The first-order valence-corrected chi connectivity index (χ1v) is 9.48. The molecule has 4 rings (SSSR count). The van der Waals surface area contributed by atoms with Gasteiger partial charge < -0.3 is 0 Å². The molecule has 0 unspecified atom stereocenters. The van der Waals surface area contributed by atoms with Crippen molar-refractivity contribution in [3.63, 3.8) is 0 Å². The number of rotatable bonds is 3. The molecule has 0 aliphatic heterocycles. The molecule has 25 heavy (non-hydrogen) atoms. The van der Waals surface area contributed by atoms with Gasteiger partial charge in [-0.05, 0) is 53.6 Å². The van der Waals surface area contributed by atoms with Crippen molar-refractivity contribution in [3.8, 4) is 11.3 Å². The molecular weight excluding hydrogens is 330 g/mol. The van der Waals surface area contributed by atoms with Crippen molar-refractivity contribution in [2.75, 3.05) is 0 Å². The molecule has 0 spiro atoms. The van der Waals surface area contributed by atoms with Gasteiger partial charge in [-0.25, -0.2) is 12.4 Å². The van der Waals surface area contributed by atoms with Gasteiger partial charge in [0.25, 0.3) is 10.0 Å². The van der Waals surface area contributed by atoms with Crippen LogP contribution in [0.15, 0.2) is 90.0 Å². The van der Waals surface area contributed by atoms with Crippen molar-refractivity contribution in [2.24, 2.45) is 0 Å². The van der Waals surface area contributed by atoms with Crippen LogP contribution in [0, 0.1) is 6.92 Å². The van der Waals surface area contributed by atoms with Crippen LogP contribution < -0.4 is 0 Å². The van der Waals surface area contributed by atoms with Crippen LogP contribution in [0.1, 0.15) is 5.56 Å². The van der Waals surface area contributed by atoms with Crippen LogP contribution in [0.4, 0.5) is 0 Å². The van der Waals surface area contributed by atoms with E-state index in [9.17, 15) is 8.42 Å². The molecule has 1 heterocycles. The Hall–Kier alpha value is -2.85. The summed E-state index contributed by atoms with van der Waals surface area (Å²) in [5, 5.41) is 2.21. The van der Waals surface area contributed by atoms with Gasteiger partial charge in [0.05, 0.1) is 10.6 Å². The van der Waals surface area contributed by atoms with E-state index < -0.39 is 10.0 Å². The van der Waals surface area contributed by atoms with Gasteiger partial charge in [0.2, 0.25) is 0 Å². The van der Waals surface area contributed by atoms with Crippen molar-refractivity contribution in [3.05, 3.63) is 90.6 Å². The van der Waals surface area contributed by atoms with E-state index >= 15 is 0 Å².